The van der Waals surface area contributed by atoms with Crippen molar-refractivity contribution in [3.05, 3.63) is 42.5 Å². The number of nitrogens with zero attached hydrogens (tertiary/aromatic N) is 2. The lowest BCUT2D eigenvalue weighted by Crippen LogP contribution is -2.50. The fraction of sp³-hybridized carbons (Fsp3) is 0.357. The minimum Gasteiger partial charge on any atom is -0.337 e. The summed E-state index contributed by atoms with van der Waals surface area (Å²) in [5.41, 5.74) is -1.19. The lowest BCUT2D eigenvalue weighted by Gasteiger charge is -2.33. The summed E-state index contributed by atoms with van der Waals surface area (Å²) in [5.74, 6) is -0.335. The molecule has 0 bridgehead atoms. The third-order valence-corrected chi connectivity index (χ3v) is 5.49. The predicted molar refractivity (Wildman–Crippen MR) is 77.0 cm³/mol. The van der Waals surface area contributed by atoms with Gasteiger partial charge in [-0.3, -0.25) is 4.79 Å². The monoisotopic (exact) mass is 348 g/mol. The van der Waals surface area contributed by atoms with Gasteiger partial charge >= 0.3 is 6.18 Å². The molecule has 0 atom stereocenters. The maximum atomic E-state index is 13.0. The molecule has 0 N–H and O–H groups in total. The lowest BCUT2D eigenvalue weighted by atomic mass is 10.2. The highest BCUT2D eigenvalue weighted by atomic mass is 32.2. The number of sulfonamides is 1. The summed E-state index contributed by atoms with van der Waals surface area (Å²) in [6.45, 7) is 3.44. The van der Waals surface area contributed by atoms with E-state index in [2.05, 4.69) is 6.58 Å². The van der Waals surface area contributed by atoms with Gasteiger partial charge in [0.2, 0.25) is 15.9 Å². The van der Waals surface area contributed by atoms with E-state index >= 15 is 0 Å². The first-order valence-electron chi connectivity index (χ1n) is 6.75. The number of carbonyl (C=O) groups is 1. The van der Waals surface area contributed by atoms with Crippen LogP contribution in [0.1, 0.15) is 5.56 Å². The smallest absolute Gasteiger partial charge is 0.337 e. The minimum absolute atomic E-state index is 0.0614. The van der Waals surface area contributed by atoms with Gasteiger partial charge in [-0.05, 0) is 18.2 Å². The van der Waals surface area contributed by atoms with E-state index < -0.39 is 26.7 Å². The van der Waals surface area contributed by atoms with Crippen molar-refractivity contribution in [1.29, 1.82) is 0 Å². The Balaban J connectivity index is 2.28. The van der Waals surface area contributed by atoms with E-state index in [9.17, 15) is 26.4 Å². The lowest BCUT2D eigenvalue weighted by molar-refractivity contribution is -0.139. The Morgan fingerprint density at radius 2 is 1.70 bits per heavy atom. The van der Waals surface area contributed by atoms with Crippen molar-refractivity contribution in [1.82, 2.24) is 9.21 Å². The molecule has 1 aliphatic heterocycles. The average molecular weight is 348 g/mol. The molecule has 5 nitrogen and oxygen atoms in total. The summed E-state index contributed by atoms with van der Waals surface area (Å²) < 4.78 is 65.0. The molecule has 0 aromatic heterocycles. The van der Waals surface area contributed by atoms with E-state index in [1.807, 2.05) is 0 Å². The zero-order chi connectivity index (χ0) is 17.3. The molecule has 1 aromatic rings. The molecular weight excluding hydrogens is 333 g/mol. The van der Waals surface area contributed by atoms with Gasteiger partial charge in [0.1, 0.15) is 0 Å². The Hall–Kier alpha value is -1.87. The molecule has 0 saturated carbocycles. The van der Waals surface area contributed by atoms with Gasteiger partial charge < -0.3 is 4.90 Å². The van der Waals surface area contributed by atoms with Gasteiger partial charge in [0.15, 0.2) is 0 Å². The van der Waals surface area contributed by atoms with Crippen molar-refractivity contribution < 1.29 is 26.4 Å². The fourth-order valence-corrected chi connectivity index (χ4v) is 3.98. The third-order valence-electron chi connectivity index (χ3n) is 3.54. The minimum atomic E-state index is -4.76. The molecule has 0 spiro atoms. The van der Waals surface area contributed by atoms with Crippen LogP contribution in [-0.4, -0.2) is 49.7 Å². The zero-order valence-electron chi connectivity index (χ0n) is 12.1. The Kier molecular flexibility index (Phi) is 4.81. The van der Waals surface area contributed by atoms with Gasteiger partial charge in [0.25, 0.3) is 0 Å². The van der Waals surface area contributed by atoms with Crippen LogP contribution in [0.4, 0.5) is 13.2 Å². The molecule has 23 heavy (non-hydrogen) atoms. The molecule has 1 heterocycles. The average Bonchev–Trinajstić information content (AvgIpc) is 2.53. The zero-order valence-corrected chi connectivity index (χ0v) is 12.9. The van der Waals surface area contributed by atoms with Crippen LogP contribution < -0.4 is 0 Å². The molecule has 1 saturated heterocycles. The van der Waals surface area contributed by atoms with Crippen molar-refractivity contribution in [2.45, 2.75) is 11.1 Å². The fourth-order valence-electron chi connectivity index (χ4n) is 2.34. The number of piperazine rings is 1. The second-order valence-corrected chi connectivity index (χ2v) is 6.83. The van der Waals surface area contributed by atoms with Crippen molar-refractivity contribution in [3.8, 4) is 0 Å². The molecule has 0 aliphatic carbocycles. The van der Waals surface area contributed by atoms with E-state index in [0.29, 0.717) is 0 Å². The van der Waals surface area contributed by atoms with Gasteiger partial charge in [-0.25, -0.2) is 8.42 Å². The second-order valence-electron chi connectivity index (χ2n) is 4.93. The molecule has 0 radical (unpaired) electrons. The molecule has 126 valence electrons. The largest absolute Gasteiger partial charge is 0.417 e. The van der Waals surface area contributed by atoms with Crippen LogP contribution >= 0.6 is 0 Å². The van der Waals surface area contributed by atoms with Gasteiger partial charge in [0, 0.05) is 26.2 Å². The number of amides is 1. The third kappa shape index (κ3) is 3.56. The first kappa shape index (κ1) is 17.5. The first-order valence-corrected chi connectivity index (χ1v) is 8.19. The number of hydrogen-bond donors (Lipinski definition) is 0. The number of carbonyl (C=O) groups excluding carboxylic acids is 1. The Bertz CT molecular complexity index is 708. The molecular formula is C14H15F3N2O3S. The number of benzene rings is 1. The van der Waals surface area contributed by atoms with E-state index in [-0.39, 0.29) is 32.1 Å². The molecule has 2 rings (SSSR count). The van der Waals surface area contributed by atoms with Crippen LogP contribution in [0.2, 0.25) is 0 Å². The molecule has 9 heteroatoms. The second kappa shape index (κ2) is 6.32. The van der Waals surface area contributed by atoms with Crippen LogP contribution in [0.15, 0.2) is 41.8 Å². The molecule has 1 aromatic carbocycles. The Morgan fingerprint density at radius 3 is 2.22 bits per heavy atom. The maximum absolute atomic E-state index is 13.0. The summed E-state index contributed by atoms with van der Waals surface area (Å²) in [6, 6.07) is 4.08. The van der Waals surface area contributed by atoms with Crippen molar-refractivity contribution >= 4 is 15.9 Å². The molecule has 1 amide bonds. The Labute approximate surface area is 132 Å². The summed E-state index contributed by atoms with van der Waals surface area (Å²) in [7, 11) is -4.28. The van der Waals surface area contributed by atoms with Gasteiger partial charge in [-0.2, -0.15) is 17.5 Å². The number of hydrogen-bond acceptors (Lipinski definition) is 3. The highest BCUT2D eigenvalue weighted by Gasteiger charge is 2.39. The van der Waals surface area contributed by atoms with Crippen LogP contribution in [0.5, 0.6) is 0 Å². The van der Waals surface area contributed by atoms with Gasteiger partial charge in [0.05, 0.1) is 10.5 Å². The van der Waals surface area contributed by atoms with Gasteiger partial charge in [-0.15, -0.1) is 0 Å². The summed E-state index contributed by atoms with van der Waals surface area (Å²) >= 11 is 0. The SMILES string of the molecule is C=CC(=O)N1CCN(S(=O)(=O)c2ccccc2C(F)(F)F)CC1. The van der Waals surface area contributed by atoms with Crippen LogP contribution in [0.3, 0.4) is 0 Å². The molecule has 1 fully saturated rings. The highest BCUT2D eigenvalue weighted by Crippen LogP contribution is 2.35. The summed E-state index contributed by atoms with van der Waals surface area (Å²) in [5, 5.41) is 0. The van der Waals surface area contributed by atoms with E-state index in [0.717, 1.165) is 28.6 Å². The Morgan fingerprint density at radius 1 is 1.13 bits per heavy atom. The topological polar surface area (TPSA) is 57.7 Å². The standard InChI is InChI=1S/C14H15F3N2O3S/c1-2-13(20)18-7-9-19(10-8-18)23(21,22)12-6-4-3-5-11(12)14(15,16)17/h2-6H,1,7-10H2. The molecule has 1 aliphatic rings. The summed E-state index contributed by atoms with van der Waals surface area (Å²) in [4.78, 5) is 12.1. The van der Waals surface area contributed by atoms with Crippen LogP contribution in [0, 0.1) is 0 Å². The maximum Gasteiger partial charge on any atom is 0.417 e. The van der Waals surface area contributed by atoms with Crippen molar-refractivity contribution in [3.63, 3.8) is 0 Å². The quantitative estimate of drug-likeness (QED) is 0.782. The number of alkyl halides is 3. The van der Waals surface area contributed by atoms with Gasteiger partial charge in [-0.1, -0.05) is 18.7 Å². The van der Waals surface area contributed by atoms with Crippen molar-refractivity contribution in [2.75, 3.05) is 26.2 Å². The van der Waals surface area contributed by atoms with Crippen LogP contribution in [-0.2, 0) is 21.0 Å². The first-order chi connectivity index (χ1) is 10.7. The van der Waals surface area contributed by atoms with E-state index in [4.69, 9.17) is 0 Å². The molecule has 0 unspecified atom stereocenters. The van der Waals surface area contributed by atoms with Crippen molar-refractivity contribution in [2.24, 2.45) is 0 Å². The number of halogens is 3. The normalized spacial score (nSPS) is 17.1. The van der Waals surface area contributed by atoms with Crippen LogP contribution in [0.25, 0.3) is 0 Å². The summed E-state index contributed by atoms with van der Waals surface area (Å²) in [6.07, 6.45) is -3.65. The van der Waals surface area contributed by atoms with E-state index in [1.165, 1.54) is 11.0 Å². The highest BCUT2D eigenvalue weighted by molar-refractivity contribution is 7.89. The van der Waals surface area contributed by atoms with E-state index in [1.54, 1.807) is 0 Å². The predicted octanol–water partition coefficient (Wildman–Crippen LogP) is 1.72. The number of rotatable bonds is 3.